The molecule has 0 N–H and O–H groups in total. The smallest absolute Gasteiger partial charge is 0.256 e. The molecule has 0 aromatic heterocycles. The number of hydrogen-bond acceptors (Lipinski definition) is 3. The molecular weight excluding hydrogens is 218 g/mol. The molecule has 0 aliphatic carbocycles. The number of ketones is 1. The summed E-state index contributed by atoms with van der Waals surface area (Å²) >= 11 is 0. The summed E-state index contributed by atoms with van der Waals surface area (Å²) in [6.07, 6.45) is 0. The van der Waals surface area contributed by atoms with E-state index >= 15 is 0 Å². The van der Waals surface area contributed by atoms with Crippen molar-refractivity contribution in [1.82, 2.24) is 4.90 Å². The molecule has 17 heavy (non-hydrogen) atoms. The van der Waals surface area contributed by atoms with Gasteiger partial charge in [-0.2, -0.15) is 0 Å². The van der Waals surface area contributed by atoms with Gasteiger partial charge in [-0.05, 0) is 26.0 Å². The van der Waals surface area contributed by atoms with Crippen molar-refractivity contribution < 1.29 is 14.3 Å². The fourth-order valence-electron chi connectivity index (χ4n) is 2.49. The Balaban J connectivity index is 2.19. The Morgan fingerprint density at radius 3 is 2.41 bits per heavy atom. The maximum Gasteiger partial charge on any atom is 0.256 e. The minimum atomic E-state index is -0.718. The number of ether oxygens (including phenoxy) is 1. The maximum absolute atomic E-state index is 12.3. The lowest BCUT2D eigenvalue weighted by Gasteiger charge is -2.34. The molecule has 2 bridgehead atoms. The van der Waals surface area contributed by atoms with Crippen LogP contribution in [-0.4, -0.2) is 35.0 Å². The summed E-state index contributed by atoms with van der Waals surface area (Å²) in [5, 5.41) is 0. The van der Waals surface area contributed by atoms with Crippen molar-refractivity contribution in [1.29, 1.82) is 0 Å². The molecule has 1 unspecified atom stereocenters. The first-order valence-electron chi connectivity index (χ1n) is 5.62. The second kappa shape index (κ2) is 3.17. The zero-order valence-electron chi connectivity index (χ0n) is 9.77. The first-order chi connectivity index (χ1) is 8.00. The van der Waals surface area contributed by atoms with Gasteiger partial charge in [-0.15, -0.1) is 0 Å². The molecule has 0 radical (unpaired) electrons. The number of Topliss-reactive ketones (excluding diaryl/α,β-unsaturated/α-hetero) is 1. The van der Waals surface area contributed by atoms with E-state index in [-0.39, 0.29) is 18.3 Å². The van der Waals surface area contributed by atoms with Gasteiger partial charge in [0.15, 0.2) is 5.78 Å². The van der Waals surface area contributed by atoms with E-state index in [0.29, 0.717) is 11.1 Å². The average molecular weight is 231 g/mol. The number of hydrogen-bond donors (Lipinski definition) is 0. The largest absolute Gasteiger partial charge is 0.353 e. The minimum Gasteiger partial charge on any atom is -0.353 e. The van der Waals surface area contributed by atoms with Crippen LogP contribution in [0.5, 0.6) is 0 Å². The summed E-state index contributed by atoms with van der Waals surface area (Å²) in [5.41, 5.74) is 0.520. The molecule has 3 aliphatic heterocycles. The van der Waals surface area contributed by atoms with E-state index in [4.69, 9.17) is 4.74 Å². The van der Waals surface area contributed by atoms with Crippen LogP contribution in [-0.2, 0) is 4.74 Å². The van der Waals surface area contributed by atoms with E-state index in [2.05, 4.69) is 0 Å². The molecule has 1 aromatic rings. The van der Waals surface area contributed by atoms with Crippen LogP contribution in [0.25, 0.3) is 0 Å². The molecule has 4 rings (SSSR count). The lowest BCUT2D eigenvalue weighted by Crippen LogP contribution is -2.51. The standard InChI is InChI=1S/C13H13NO3/c1-13(2)14-10(7-17-13)11(15)8-3-5-9(6-4-8)12(14)16/h3-6,10H,7H2,1-2H3. The summed E-state index contributed by atoms with van der Waals surface area (Å²) in [4.78, 5) is 26.1. The van der Waals surface area contributed by atoms with Gasteiger partial charge in [0.2, 0.25) is 0 Å². The van der Waals surface area contributed by atoms with Gasteiger partial charge in [0, 0.05) is 11.1 Å². The van der Waals surface area contributed by atoms with Gasteiger partial charge in [0.05, 0.1) is 6.61 Å². The maximum atomic E-state index is 12.3. The van der Waals surface area contributed by atoms with Crippen LogP contribution in [0.1, 0.15) is 34.6 Å². The number of benzene rings is 1. The molecule has 1 atom stereocenters. The van der Waals surface area contributed by atoms with E-state index < -0.39 is 11.8 Å². The number of carbonyl (C=O) groups excluding carboxylic acids is 2. The Kier molecular flexibility index (Phi) is 1.95. The lowest BCUT2D eigenvalue weighted by atomic mass is 9.97. The van der Waals surface area contributed by atoms with Crippen molar-refractivity contribution in [2.75, 3.05) is 6.61 Å². The lowest BCUT2D eigenvalue weighted by molar-refractivity contribution is -0.0398. The molecule has 3 heterocycles. The van der Waals surface area contributed by atoms with E-state index in [1.807, 2.05) is 13.8 Å². The van der Waals surface area contributed by atoms with Crippen LogP contribution >= 0.6 is 0 Å². The van der Waals surface area contributed by atoms with Gasteiger partial charge in [0.25, 0.3) is 5.91 Å². The highest BCUT2D eigenvalue weighted by molar-refractivity contribution is 6.07. The van der Waals surface area contributed by atoms with Gasteiger partial charge in [-0.25, -0.2) is 0 Å². The number of carbonyl (C=O) groups is 2. The highest BCUT2D eigenvalue weighted by atomic mass is 16.5. The second-order valence-electron chi connectivity index (χ2n) is 4.89. The average Bonchev–Trinajstić information content (AvgIpc) is 2.62. The summed E-state index contributed by atoms with van der Waals surface area (Å²) in [7, 11) is 0. The van der Waals surface area contributed by atoms with Crippen LogP contribution in [0.4, 0.5) is 0 Å². The third kappa shape index (κ3) is 1.34. The normalized spacial score (nSPS) is 25.8. The monoisotopic (exact) mass is 231 g/mol. The number of amides is 1. The van der Waals surface area contributed by atoms with E-state index in [0.717, 1.165) is 0 Å². The molecule has 0 spiro atoms. The summed E-state index contributed by atoms with van der Waals surface area (Å²) in [6, 6.07) is 6.31. The molecule has 1 aromatic carbocycles. The quantitative estimate of drug-likeness (QED) is 0.679. The van der Waals surface area contributed by atoms with Crippen molar-refractivity contribution in [3.8, 4) is 0 Å². The van der Waals surface area contributed by atoms with Crippen molar-refractivity contribution in [3.63, 3.8) is 0 Å². The van der Waals surface area contributed by atoms with Gasteiger partial charge in [-0.1, -0.05) is 12.1 Å². The number of fused-ring (bicyclic) bond motifs is 2. The molecule has 1 fully saturated rings. The summed E-state index contributed by atoms with van der Waals surface area (Å²) < 4.78 is 5.57. The van der Waals surface area contributed by atoms with Gasteiger partial charge >= 0.3 is 0 Å². The first kappa shape index (κ1) is 10.5. The molecule has 1 saturated heterocycles. The van der Waals surface area contributed by atoms with Gasteiger partial charge in [0.1, 0.15) is 11.8 Å². The van der Waals surface area contributed by atoms with E-state index in [1.165, 1.54) is 0 Å². The zero-order chi connectivity index (χ0) is 12.2. The Labute approximate surface area is 99.2 Å². The van der Waals surface area contributed by atoms with E-state index in [9.17, 15) is 9.59 Å². The fourth-order valence-corrected chi connectivity index (χ4v) is 2.49. The number of rotatable bonds is 0. The van der Waals surface area contributed by atoms with Crippen LogP contribution in [0.3, 0.4) is 0 Å². The summed E-state index contributed by atoms with van der Waals surface area (Å²) in [5.74, 6) is -0.188. The third-order valence-electron chi connectivity index (χ3n) is 3.42. The molecule has 1 amide bonds. The van der Waals surface area contributed by atoms with Crippen LogP contribution in [0, 0.1) is 0 Å². The summed E-state index contributed by atoms with van der Waals surface area (Å²) in [6.45, 7) is 3.90. The van der Waals surface area contributed by atoms with Gasteiger partial charge < -0.3 is 4.74 Å². The Morgan fingerprint density at radius 1 is 1.18 bits per heavy atom. The van der Waals surface area contributed by atoms with Crippen LogP contribution < -0.4 is 0 Å². The highest BCUT2D eigenvalue weighted by Crippen LogP contribution is 2.32. The van der Waals surface area contributed by atoms with Crippen LogP contribution in [0.2, 0.25) is 0 Å². The van der Waals surface area contributed by atoms with Crippen molar-refractivity contribution in [3.05, 3.63) is 35.4 Å². The Morgan fingerprint density at radius 2 is 1.76 bits per heavy atom. The Hall–Kier alpha value is -1.68. The van der Waals surface area contributed by atoms with Gasteiger partial charge in [-0.3, -0.25) is 14.5 Å². The van der Waals surface area contributed by atoms with E-state index in [1.54, 1.807) is 29.2 Å². The predicted molar refractivity (Wildman–Crippen MR) is 60.8 cm³/mol. The topological polar surface area (TPSA) is 46.6 Å². The molecule has 4 nitrogen and oxygen atoms in total. The first-order valence-corrected chi connectivity index (χ1v) is 5.62. The van der Waals surface area contributed by atoms with Crippen molar-refractivity contribution in [2.45, 2.75) is 25.6 Å². The predicted octanol–water partition coefficient (Wildman–Crippen LogP) is 1.46. The molecule has 88 valence electrons. The zero-order valence-corrected chi connectivity index (χ0v) is 9.77. The second-order valence-corrected chi connectivity index (χ2v) is 4.89. The molecule has 0 saturated carbocycles. The van der Waals surface area contributed by atoms with Crippen molar-refractivity contribution in [2.24, 2.45) is 0 Å². The molecular formula is C13H13NO3. The molecule has 4 heteroatoms. The molecule has 3 aliphatic rings. The SMILES string of the molecule is CC1(C)OCC2C(=O)c3ccc(cc3)C(=O)N21. The van der Waals surface area contributed by atoms with Crippen molar-refractivity contribution >= 4 is 11.7 Å². The third-order valence-corrected chi connectivity index (χ3v) is 3.42. The minimum absolute atomic E-state index is 0.0461. The number of nitrogens with zero attached hydrogens (tertiary/aromatic N) is 1. The van der Waals surface area contributed by atoms with Crippen LogP contribution in [0.15, 0.2) is 24.3 Å². The fraction of sp³-hybridized carbons (Fsp3) is 0.385. The Bertz CT molecular complexity index is 504. The highest BCUT2D eigenvalue weighted by Gasteiger charge is 2.48.